The van der Waals surface area contributed by atoms with Crippen LogP contribution in [0.3, 0.4) is 0 Å². The molecular weight excluding hydrogens is 472 g/mol. The summed E-state index contributed by atoms with van der Waals surface area (Å²) in [6, 6.07) is 11.9. The van der Waals surface area contributed by atoms with Gasteiger partial charge in [0.15, 0.2) is 0 Å². The summed E-state index contributed by atoms with van der Waals surface area (Å²) in [5.74, 6) is -1.33. The van der Waals surface area contributed by atoms with Gasteiger partial charge in [-0.05, 0) is 49.1 Å². The molecule has 0 aromatic heterocycles. The number of piperidine rings is 1. The Morgan fingerprint density at radius 2 is 1.80 bits per heavy atom. The Morgan fingerprint density at radius 1 is 1.09 bits per heavy atom. The number of nitrogens with one attached hydrogen (secondary N) is 2. The lowest BCUT2D eigenvalue weighted by Gasteiger charge is -2.38. The molecule has 2 aromatic carbocycles. The van der Waals surface area contributed by atoms with Crippen molar-refractivity contribution in [2.75, 3.05) is 38.6 Å². The van der Waals surface area contributed by atoms with Crippen molar-refractivity contribution < 1.29 is 23.9 Å². The SMILES string of the molecule is COC(=O)c1cc(Cl)cc(C(=O)NCC(=O)N2CCC(N3CCc4ccccc4NC3=O)CC2)c1. The number of ether oxygens (including phenoxy) is 1. The smallest absolute Gasteiger partial charge is 0.337 e. The standard InChI is InChI=1S/C25H27ClN4O5/c1-35-24(33)18-12-17(13-19(26)14-18)23(32)27-15-22(31)29-9-7-20(8-10-29)30-11-6-16-4-2-3-5-21(16)28-25(30)34/h2-5,12-14,20H,6-11,15H2,1H3,(H,27,32)(H,28,34). The molecule has 10 heteroatoms. The quantitative estimate of drug-likeness (QED) is 0.616. The molecule has 2 aliphatic heterocycles. The molecule has 0 atom stereocenters. The van der Waals surface area contributed by atoms with Crippen molar-refractivity contribution in [3.8, 4) is 0 Å². The van der Waals surface area contributed by atoms with E-state index in [1.54, 1.807) is 4.90 Å². The first-order valence-electron chi connectivity index (χ1n) is 11.5. The summed E-state index contributed by atoms with van der Waals surface area (Å²) in [5, 5.41) is 5.80. The van der Waals surface area contributed by atoms with E-state index in [9.17, 15) is 19.2 Å². The molecule has 0 spiro atoms. The van der Waals surface area contributed by atoms with Gasteiger partial charge < -0.3 is 25.2 Å². The number of halogens is 1. The molecule has 0 bridgehead atoms. The van der Waals surface area contributed by atoms with Crippen molar-refractivity contribution in [1.82, 2.24) is 15.1 Å². The average Bonchev–Trinajstić information content (AvgIpc) is 3.04. The predicted octanol–water partition coefficient (Wildman–Crippen LogP) is 2.94. The van der Waals surface area contributed by atoms with Gasteiger partial charge in [-0.3, -0.25) is 9.59 Å². The summed E-state index contributed by atoms with van der Waals surface area (Å²) in [6.45, 7) is 1.45. The molecule has 2 aromatic rings. The Hall–Kier alpha value is -3.59. The molecule has 9 nitrogen and oxygen atoms in total. The number of carbonyl (C=O) groups is 4. The number of esters is 1. The maximum Gasteiger partial charge on any atom is 0.337 e. The first-order chi connectivity index (χ1) is 16.9. The number of carbonyl (C=O) groups excluding carboxylic acids is 4. The summed E-state index contributed by atoms with van der Waals surface area (Å²) in [5.41, 5.74) is 2.28. The second kappa shape index (κ2) is 10.8. The summed E-state index contributed by atoms with van der Waals surface area (Å²) in [6.07, 6.45) is 2.11. The van der Waals surface area contributed by atoms with Crippen LogP contribution in [0.5, 0.6) is 0 Å². The van der Waals surface area contributed by atoms with Crippen LogP contribution in [-0.4, -0.2) is 72.9 Å². The molecule has 0 aliphatic carbocycles. The van der Waals surface area contributed by atoms with Crippen molar-refractivity contribution in [3.63, 3.8) is 0 Å². The van der Waals surface area contributed by atoms with Crippen molar-refractivity contribution in [1.29, 1.82) is 0 Å². The average molecular weight is 499 g/mol. The zero-order valence-electron chi connectivity index (χ0n) is 19.4. The minimum atomic E-state index is -0.609. The van der Waals surface area contributed by atoms with Crippen LogP contribution in [0.4, 0.5) is 10.5 Å². The number of para-hydroxylation sites is 1. The maximum atomic E-state index is 12.8. The van der Waals surface area contributed by atoms with Crippen LogP contribution in [0.1, 0.15) is 39.1 Å². The maximum absolute atomic E-state index is 12.8. The van der Waals surface area contributed by atoms with E-state index in [-0.39, 0.29) is 40.7 Å². The number of nitrogens with zero attached hydrogens (tertiary/aromatic N) is 2. The summed E-state index contributed by atoms with van der Waals surface area (Å²) in [4.78, 5) is 53.3. The Bertz CT molecular complexity index is 1150. The van der Waals surface area contributed by atoms with Crippen LogP contribution in [-0.2, 0) is 16.0 Å². The van der Waals surface area contributed by atoms with Gasteiger partial charge in [-0.25, -0.2) is 9.59 Å². The molecular formula is C25H27ClN4O5. The molecule has 0 unspecified atom stereocenters. The van der Waals surface area contributed by atoms with Crippen LogP contribution in [0.2, 0.25) is 5.02 Å². The molecule has 4 rings (SSSR count). The highest BCUT2D eigenvalue weighted by Crippen LogP contribution is 2.24. The summed E-state index contributed by atoms with van der Waals surface area (Å²) < 4.78 is 4.67. The van der Waals surface area contributed by atoms with Crippen molar-refractivity contribution in [3.05, 3.63) is 64.2 Å². The topological polar surface area (TPSA) is 108 Å². The monoisotopic (exact) mass is 498 g/mol. The molecule has 2 N–H and O–H groups in total. The van der Waals surface area contributed by atoms with Gasteiger partial charge >= 0.3 is 12.0 Å². The second-order valence-electron chi connectivity index (χ2n) is 8.55. The predicted molar refractivity (Wildman–Crippen MR) is 131 cm³/mol. The molecule has 1 fully saturated rings. The third kappa shape index (κ3) is 5.74. The number of hydrogen-bond acceptors (Lipinski definition) is 5. The van der Waals surface area contributed by atoms with E-state index in [1.165, 1.54) is 25.3 Å². The lowest BCUT2D eigenvalue weighted by molar-refractivity contribution is -0.131. The zero-order valence-corrected chi connectivity index (χ0v) is 20.1. The third-order valence-electron chi connectivity index (χ3n) is 6.38. The zero-order chi connectivity index (χ0) is 24.9. The Morgan fingerprint density at radius 3 is 2.54 bits per heavy atom. The van der Waals surface area contributed by atoms with Gasteiger partial charge in [0.25, 0.3) is 5.91 Å². The Balaban J connectivity index is 1.28. The van der Waals surface area contributed by atoms with E-state index in [2.05, 4.69) is 15.4 Å². The molecule has 2 heterocycles. The summed E-state index contributed by atoms with van der Waals surface area (Å²) in [7, 11) is 1.24. The molecule has 0 saturated carbocycles. The van der Waals surface area contributed by atoms with Gasteiger partial charge in [0.1, 0.15) is 0 Å². The van der Waals surface area contributed by atoms with Gasteiger partial charge in [0.2, 0.25) is 5.91 Å². The minimum absolute atomic E-state index is 0.0474. The van der Waals surface area contributed by atoms with Crippen LogP contribution >= 0.6 is 11.6 Å². The Kier molecular flexibility index (Phi) is 7.55. The highest BCUT2D eigenvalue weighted by atomic mass is 35.5. The van der Waals surface area contributed by atoms with Crippen molar-refractivity contribution in [2.24, 2.45) is 0 Å². The third-order valence-corrected chi connectivity index (χ3v) is 6.60. The fraction of sp³-hybridized carbons (Fsp3) is 0.360. The lowest BCUT2D eigenvalue weighted by Crippen LogP contribution is -2.51. The summed E-state index contributed by atoms with van der Waals surface area (Å²) >= 11 is 6.01. The fourth-order valence-corrected chi connectivity index (χ4v) is 4.73. The minimum Gasteiger partial charge on any atom is -0.465 e. The van der Waals surface area contributed by atoms with Crippen LogP contribution in [0.15, 0.2) is 42.5 Å². The second-order valence-corrected chi connectivity index (χ2v) is 8.98. The van der Waals surface area contributed by atoms with Crippen LogP contribution in [0, 0.1) is 0 Å². The first-order valence-corrected chi connectivity index (χ1v) is 11.8. The van der Waals surface area contributed by atoms with Gasteiger partial charge in [-0.2, -0.15) is 0 Å². The van der Waals surface area contributed by atoms with Gasteiger partial charge in [0.05, 0.1) is 19.2 Å². The molecule has 35 heavy (non-hydrogen) atoms. The first kappa shape index (κ1) is 24.5. The van der Waals surface area contributed by atoms with Crippen molar-refractivity contribution in [2.45, 2.75) is 25.3 Å². The normalized spacial score (nSPS) is 16.1. The lowest BCUT2D eigenvalue weighted by atomic mass is 10.0. The van der Waals surface area contributed by atoms with Gasteiger partial charge in [-0.15, -0.1) is 0 Å². The van der Waals surface area contributed by atoms with Gasteiger partial charge in [0, 0.05) is 41.9 Å². The van der Waals surface area contributed by atoms with E-state index in [0.29, 0.717) is 32.5 Å². The van der Waals surface area contributed by atoms with E-state index >= 15 is 0 Å². The number of urea groups is 1. The highest BCUT2D eigenvalue weighted by molar-refractivity contribution is 6.31. The Labute approximate surface area is 208 Å². The number of methoxy groups -OCH3 is 1. The van der Waals surface area contributed by atoms with Crippen molar-refractivity contribution >= 4 is 41.1 Å². The van der Waals surface area contributed by atoms with Crippen LogP contribution in [0.25, 0.3) is 0 Å². The number of likely N-dealkylation sites (tertiary alicyclic amines) is 1. The number of amides is 4. The number of benzene rings is 2. The molecule has 4 amide bonds. The molecule has 184 valence electrons. The number of fused-ring (bicyclic) bond motifs is 1. The molecule has 2 aliphatic rings. The number of rotatable bonds is 5. The van der Waals surface area contributed by atoms with E-state index < -0.39 is 11.9 Å². The number of anilines is 1. The van der Waals surface area contributed by atoms with Gasteiger partial charge in [-0.1, -0.05) is 29.8 Å². The van der Waals surface area contributed by atoms with E-state index in [0.717, 1.165) is 17.7 Å². The van der Waals surface area contributed by atoms with E-state index in [4.69, 9.17) is 11.6 Å². The van der Waals surface area contributed by atoms with Crippen LogP contribution < -0.4 is 10.6 Å². The highest BCUT2D eigenvalue weighted by Gasteiger charge is 2.31. The largest absolute Gasteiger partial charge is 0.465 e. The van der Waals surface area contributed by atoms with E-state index in [1.807, 2.05) is 29.2 Å². The fourth-order valence-electron chi connectivity index (χ4n) is 4.49. The number of hydrogen-bond donors (Lipinski definition) is 2. The molecule has 0 radical (unpaired) electrons. The molecule has 1 saturated heterocycles.